The maximum atomic E-state index is 14.0. The third-order valence-electron chi connectivity index (χ3n) is 16.6. The molecule has 402 valence electrons. The lowest BCUT2D eigenvalue weighted by Crippen LogP contribution is -2.63. The Bertz CT molecular complexity index is 2050. The van der Waals surface area contributed by atoms with E-state index >= 15 is 0 Å². The molecule has 4 fully saturated rings. The molecule has 1 aromatic rings. The van der Waals surface area contributed by atoms with Crippen molar-refractivity contribution in [2.45, 2.75) is 109 Å². The molecule has 0 heterocycles. The summed E-state index contributed by atoms with van der Waals surface area (Å²) in [7, 11) is 0. The van der Waals surface area contributed by atoms with Gasteiger partial charge >= 0.3 is 29.8 Å². The van der Waals surface area contributed by atoms with Crippen molar-refractivity contribution in [1.82, 2.24) is 30.7 Å². The van der Waals surface area contributed by atoms with Crippen LogP contribution < -0.4 is 16.0 Å². The Hall–Kier alpha value is -5.26. The third-order valence-corrected chi connectivity index (χ3v) is 16.6. The largest absolute Gasteiger partial charge is 0.480 e. The monoisotopic (exact) mass is 1020 g/mol. The Balaban J connectivity index is 1.21. The van der Waals surface area contributed by atoms with E-state index in [1.807, 2.05) is 6.07 Å². The molecule has 1 unspecified atom stereocenters. The Morgan fingerprint density at radius 2 is 1.33 bits per heavy atom. The van der Waals surface area contributed by atoms with E-state index in [1.54, 1.807) is 24.3 Å². The SMILES string of the molecule is C[C@H](CCC(=O)NCC(=O)O)[C@H]1CC[C@H]2[C@@H]3[C@H](O)C[C@@H]4C[C@@H](NC(=O)CNC(=O)C(COCc5ccccc5)N(CCN(CCN(CC(=O)O)CC(=O)O)CC(=O)O)CC(=O)O)CC[C@]4(C)[C@H]3C[C@H](O)[C@]12C. The lowest BCUT2D eigenvalue weighted by molar-refractivity contribution is -0.202. The fraction of sp³-hybridized carbons (Fsp3) is 0.720. The van der Waals surface area contributed by atoms with Crippen LogP contribution in [0.1, 0.15) is 84.1 Å². The number of fused-ring (bicyclic) bond motifs is 5. The number of aliphatic carboxylic acids is 5. The smallest absolute Gasteiger partial charge is 0.322 e. The number of aliphatic hydroxyl groups excluding tert-OH is 2. The van der Waals surface area contributed by atoms with Gasteiger partial charge in [-0.3, -0.25) is 53.1 Å². The number of aliphatic hydroxyl groups is 2. The summed E-state index contributed by atoms with van der Waals surface area (Å²) in [5.41, 5.74) is 0.0936. The molecule has 72 heavy (non-hydrogen) atoms. The summed E-state index contributed by atoms with van der Waals surface area (Å²) in [6.07, 6.45) is 4.21. The lowest BCUT2D eigenvalue weighted by atomic mass is 9.43. The van der Waals surface area contributed by atoms with Crippen LogP contribution >= 0.6 is 0 Å². The first-order chi connectivity index (χ1) is 34.0. The number of nitrogens with zero attached hydrogens (tertiary/aromatic N) is 3. The predicted molar refractivity (Wildman–Crippen MR) is 257 cm³/mol. The first-order valence-corrected chi connectivity index (χ1v) is 25.1. The molecular weight excluding hydrogens is 941 g/mol. The van der Waals surface area contributed by atoms with Crippen LogP contribution in [0.2, 0.25) is 0 Å². The molecule has 22 heteroatoms. The van der Waals surface area contributed by atoms with E-state index in [-0.39, 0.29) is 98.7 Å². The highest BCUT2D eigenvalue weighted by molar-refractivity contribution is 5.88. The Kier molecular flexibility index (Phi) is 20.9. The number of benzene rings is 1. The summed E-state index contributed by atoms with van der Waals surface area (Å²) in [4.78, 5) is 101. The van der Waals surface area contributed by atoms with Gasteiger partial charge in [-0.1, -0.05) is 51.1 Å². The van der Waals surface area contributed by atoms with Gasteiger partial charge in [0.15, 0.2) is 0 Å². The van der Waals surface area contributed by atoms with Crippen LogP contribution in [0.15, 0.2) is 30.3 Å². The number of hydrogen-bond donors (Lipinski definition) is 10. The van der Waals surface area contributed by atoms with E-state index in [4.69, 9.17) is 9.84 Å². The van der Waals surface area contributed by atoms with Crippen LogP contribution in [0.25, 0.3) is 0 Å². The molecule has 12 atom stereocenters. The van der Waals surface area contributed by atoms with E-state index in [0.29, 0.717) is 32.1 Å². The van der Waals surface area contributed by atoms with Crippen molar-refractivity contribution >= 4 is 47.6 Å². The summed E-state index contributed by atoms with van der Waals surface area (Å²) in [5, 5.41) is 79.2. The van der Waals surface area contributed by atoms with Crippen LogP contribution in [0, 0.1) is 46.3 Å². The number of amides is 3. The van der Waals surface area contributed by atoms with E-state index in [1.165, 1.54) is 9.80 Å². The number of carbonyl (C=O) groups is 8. The second-order valence-corrected chi connectivity index (χ2v) is 21.1. The molecule has 0 aliphatic heterocycles. The normalized spacial score (nSPS) is 28.5. The van der Waals surface area contributed by atoms with Gasteiger partial charge in [-0.25, -0.2) is 0 Å². The quantitative estimate of drug-likeness (QED) is 0.0526. The molecule has 3 amide bonds. The first-order valence-electron chi connectivity index (χ1n) is 25.1. The molecule has 10 N–H and O–H groups in total. The fourth-order valence-corrected chi connectivity index (χ4v) is 13.0. The molecule has 4 aliphatic carbocycles. The molecule has 0 aromatic heterocycles. The van der Waals surface area contributed by atoms with Gasteiger partial charge in [0.05, 0.1) is 58.1 Å². The number of hydrogen-bond acceptors (Lipinski definition) is 14. The molecule has 0 radical (unpaired) electrons. The number of rotatable bonds is 29. The minimum atomic E-state index is -1.30. The summed E-state index contributed by atoms with van der Waals surface area (Å²) in [6.45, 7) is 2.36. The van der Waals surface area contributed by atoms with E-state index < -0.39 is 105 Å². The Labute approximate surface area is 419 Å². The molecule has 0 bridgehead atoms. The van der Waals surface area contributed by atoms with Crippen molar-refractivity contribution < 1.29 is 78.8 Å². The van der Waals surface area contributed by atoms with Crippen LogP contribution in [-0.2, 0) is 49.7 Å². The first kappa shape index (κ1) is 57.6. The van der Waals surface area contributed by atoms with Gasteiger partial charge in [-0.05, 0) is 103 Å². The summed E-state index contributed by atoms with van der Waals surface area (Å²) in [6, 6.07) is 7.49. The summed E-state index contributed by atoms with van der Waals surface area (Å²) >= 11 is 0. The van der Waals surface area contributed by atoms with Crippen LogP contribution in [0.5, 0.6) is 0 Å². The standard InChI is InChI=1S/C50H76N6O16/c1-30(9-12-40(59)51-23-42(61)62)34-10-11-35-47-36(21-39(58)50(34,35)3)49(2)14-13-33(19-32(49)20-38(47)57)53-41(60)22-52-48(71)37(29-72-28-31-7-5-4-6-8-31)56(27-46(69)70)18-17-54(24-43(63)64)15-16-55(25-44(65)66)26-45(67)68/h4-8,30,32-39,47,57-58H,9-29H2,1-3H3,(H,51,59)(H,52,71)(H,53,60)(H,61,62)(H,63,64)(H,65,66)(H,67,68)(H,69,70)/t30-,32+,33+,34-,35+,36+,37?,38-,39+,47+,49+,50-/m1/s1. The molecule has 1 aromatic carbocycles. The van der Waals surface area contributed by atoms with Crippen molar-refractivity contribution in [2.75, 3.05) is 72.1 Å². The minimum Gasteiger partial charge on any atom is -0.480 e. The fourth-order valence-electron chi connectivity index (χ4n) is 13.0. The van der Waals surface area contributed by atoms with Crippen molar-refractivity contribution in [2.24, 2.45) is 46.3 Å². The van der Waals surface area contributed by atoms with Gasteiger partial charge in [0.1, 0.15) is 12.6 Å². The third kappa shape index (κ3) is 15.4. The van der Waals surface area contributed by atoms with Crippen molar-refractivity contribution in [3.05, 3.63) is 35.9 Å². The van der Waals surface area contributed by atoms with Gasteiger partial charge in [0.2, 0.25) is 17.7 Å². The Morgan fingerprint density at radius 1 is 0.708 bits per heavy atom. The van der Waals surface area contributed by atoms with Crippen molar-refractivity contribution in [1.29, 1.82) is 0 Å². The van der Waals surface area contributed by atoms with Crippen LogP contribution in [-0.4, -0.2) is 194 Å². The van der Waals surface area contributed by atoms with Crippen LogP contribution in [0.4, 0.5) is 0 Å². The van der Waals surface area contributed by atoms with E-state index in [2.05, 4.69) is 36.7 Å². The molecule has 5 rings (SSSR count). The summed E-state index contributed by atoms with van der Waals surface area (Å²) in [5.74, 6) is -7.40. The number of carboxylic acids is 5. The second-order valence-electron chi connectivity index (χ2n) is 21.1. The number of carbonyl (C=O) groups excluding carboxylic acids is 3. The lowest BCUT2D eigenvalue weighted by Gasteiger charge is -2.63. The number of carboxylic acid groups (broad SMARTS) is 5. The average Bonchev–Trinajstić information content (AvgIpc) is 3.67. The maximum absolute atomic E-state index is 14.0. The minimum absolute atomic E-state index is 0.0272. The van der Waals surface area contributed by atoms with Crippen molar-refractivity contribution in [3.63, 3.8) is 0 Å². The van der Waals surface area contributed by atoms with Crippen molar-refractivity contribution in [3.8, 4) is 0 Å². The topological polar surface area (TPSA) is 333 Å². The Morgan fingerprint density at radius 3 is 1.97 bits per heavy atom. The molecule has 0 saturated heterocycles. The van der Waals surface area contributed by atoms with E-state index in [0.717, 1.165) is 29.7 Å². The molecule has 4 aliphatic rings. The molecular formula is C50H76N6O16. The van der Waals surface area contributed by atoms with E-state index in [9.17, 15) is 69.0 Å². The number of nitrogens with one attached hydrogen (secondary N) is 3. The van der Waals surface area contributed by atoms with Gasteiger partial charge < -0.3 is 56.4 Å². The zero-order valence-electron chi connectivity index (χ0n) is 41.7. The molecule has 4 saturated carbocycles. The zero-order chi connectivity index (χ0) is 52.9. The van der Waals surface area contributed by atoms with Gasteiger partial charge in [0, 0.05) is 38.6 Å². The highest BCUT2D eigenvalue weighted by Crippen LogP contribution is 2.68. The zero-order valence-corrected chi connectivity index (χ0v) is 41.7. The summed E-state index contributed by atoms with van der Waals surface area (Å²) < 4.78 is 5.92. The molecule has 22 nitrogen and oxygen atoms in total. The highest BCUT2D eigenvalue weighted by Gasteiger charge is 2.65. The van der Waals surface area contributed by atoms with Crippen LogP contribution in [0.3, 0.4) is 0 Å². The highest BCUT2D eigenvalue weighted by atomic mass is 16.5. The average molecular weight is 1020 g/mol. The second kappa shape index (κ2) is 26.1. The van der Waals surface area contributed by atoms with Gasteiger partial charge in [0.25, 0.3) is 0 Å². The van der Waals surface area contributed by atoms with Gasteiger partial charge in [-0.2, -0.15) is 0 Å². The maximum Gasteiger partial charge on any atom is 0.322 e. The number of ether oxygens (including phenoxy) is 1. The van der Waals surface area contributed by atoms with Gasteiger partial charge in [-0.15, -0.1) is 0 Å². The predicted octanol–water partition coefficient (Wildman–Crippen LogP) is 0.635. The molecule has 0 spiro atoms.